The molecular formula is C12H26N2O2S. The largest absolute Gasteiger partial charge is 0.311 e. The van der Waals surface area contributed by atoms with Gasteiger partial charge >= 0.3 is 0 Å². The highest BCUT2D eigenvalue weighted by atomic mass is 32.2. The minimum atomic E-state index is -2.84. The molecule has 1 fully saturated rings. The second-order valence-electron chi connectivity index (χ2n) is 4.98. The lowest BCUT2D eigenvalue weighted by Gasteiger charge is -2.39. The van der Waals surface area contributed by atoms with E-state index in [1.165, 1.54) is 0 Å². The summed E-state index contributed by atoms with van der Waals surface area (Å²) < 4.78 is 23.1. The molecule has 0 aliphatic carbocycles. The summed E-state index contributed by atoms with van der Waals surface area (Å²) in [6.45, 7) is 8.69. The molecule has 0 aromatic rings. The highest BCUT2D eigenvalue weighted by Crippen LogP contribution is 2.12. The van der Waals surface area contributed by atoms with Crippen LogP contribution in [-0.4, -0.2) is 56.5 Å². The average Bonchev–Trinajstić information content (AvgIpc) is 2.30. The SMILES string of the molecule is CCCC1CNC(C)CN1CCS(=O)(=O)CC. The van der Waals surface area contributed by atoms with Crippen LogP contribution >= 0.6 is 0 Å². The molecular weight excluding hydrogens is 236 g/mol. The summed E-state index contributed by atoms with van der Waals surface area (Å²) in [6.07, 6.45) is 2.30. The summed E-state index contributed by atoms with van der Waals surface area (Å²) in [4.78, 5) is 2.35. The van der Waals surface area contributed by atoms with Gasteiger partial charge in [-0.15, -0.1) is 0 Å². The Morgan fingerprint density at radius 1 is 1.35 bits per heavy atom. The first-order valence-electron chi connectivity index (χ1n) is 6.66. The molecule has 1 aliphatic heterocycles. The third kappa shape index (κ3) is 4.94. The molecule has 2 atom stereocenters. The fourth-order valence-corrected chi connectivity index (χ4v) is 3.13. The summed E-state index contributed by atoms with van der Waals surface area (Å²) in [5.74, 6) is 0.559. The highest BCUT2D eigenvalue weighted by molar-refractivity contribution is 7.91. The van der Waals surface area contributed by atoms with Crippen LogP contribution in [-0.2, 0) is 9.84 Å². The lowest BCUT2D eigenvalue weighted by atomic mass is 10.1. The van der Waals surface area contributed by atoms with E-state index in [2.05, 4.69) is 24.1 Å². The van der Waals surface area contributed by atoms with Crippen molar-refractivity contribution < 1.29 is 8.42 Å². The lowest BCUT2D eigenvalue weighted by molar-refractivity contribution is 0.135. The molecule has 1 N–H and O–H groups in total. The van der Waals surface area contributed by atoms with E-state index in [9.17, 15) is 8.42 Å². The number of hydrogen-bond acceptors (Lipinski definition) is 4. The first-order valence-corrected chi connectivity index (χ1v) is 8.48. The molecule has 102 valence electrons. The van der Waals surface area contributed by atoms with Gasteiger partial charge in [-0.25, -0.2) is 8.42 Å². The van der Waals surface area contributed by atoms with Crippen molar-refractivity contribution in [3.05, 3.63) is 0 Å². The fourth-order valence-electron chi connectivity index (χ4n) is 2.32. The van der Waals surface area contributed by atoms with E-state index in [4.69, 9.17) is 0 Å². The molecule has 0 aromatic carbocycles. The van der Waals surface area contributed by atoms with Crippen LogP contribution < -0.4 is 5.32 Å². The van der Waals surface area contributed by atoms with Gasteiger partial charge in [0.15, 0.2) is 9.84 Å². The van der Waals surface area contributed by atoms with E-state index in [1.807, 2.05) is 0 Å². The van der Waals surface area contributed by atoms with Crippen LogP contribution in [0.3, 0.4) is 0 Å². The van der Waals surface area contributed by atoms with Crippen LogP contribution in [0.1, 0.15) is 33.6 Å². The second kappa shape index (κ2) is 6.71. The summed E-state index contributed by atoms with van der Waals surface area (Å²) in [5.41, 5.74) is 0. The van der Waals surface area contributed by atoms with Crippen molar-refractivity contribution in [2.75, 3.05) is 31.1 Å². The molecule has 1 aliphatic rings. The molecule has 5 heteroatoms. The Morgan fingerprint density at radius 2 is 2.06 bits per heavy atom. The number of nitrogens with one attached hydrogen (secondary N) is 1. The standard InChI is InChI=1S/C12H26N2O2S/c1-4-6-12-9-13-11(3)10-14(12)7-8-17(15,16)5-2/h11-13H,4-10H2,1-3H3. The zero-order valence-electron chi connectivity index (χ0n) is 11.3. The summed E-state index contributed by atoms with van der Waals surface area (Å²) in [7, 11) is -2.84. The maximum atomic E-state index is 11.5. The van der Waals surface area contributed by atoms with Gasteiger partial charge in [-0.05, 0) is 13.3 Å². The van der Waals surface area contributed by atoms with Crippen molar-refractivity contribution in [1.82, 2.24) is 10.2 Å². The van der Waals surface area contributed by atoms with Crippen LogP contribution in [0.4, 0.5) is 0 Å². The number of nitrogens with zero attached hydrogens (tertiary/aromatic N) is 1. The Morgan fingerprint density at radius 3 is 2.65 bits per heavy atom. The molecule has 0 spiro atoms. The first-order chi connectivity index (χ1) is 7.98. The number of hydrogen-bond donors (Lipinski definition) is 1. The minimum absolute atomic E-state index is 0.257. The lowest BCUT2D eigenvalue weighted by Crippen LogP contribution is -2.56. The van der Waals surface area contributed by atoms with Crippen molar-refractivity contribution in [1.29, 1.82) is 0 Å². The van der Waals surface area contributed by atoms with Gasteiger partial charge < -0.3 is 5.32 Å². The Labute approximate surface area is 106 Å². The number of sulfone groups is 1. The quantitative estimate of drug-likeness (QED) is 0.772. The smallest absolute Gasteiger partial charge is 0.151 e. The molecule has 0 bridgehead atoms. The van der Waals surface area contributed by atoms with Crippen LogP contribution in [0.2, 0.25) is 0 Å². The maximum absolute atomic E-state index is 11.5. The van der Waals surface area contributed by atoms with Crippen molar-refractivity contribution in [2.45, 2.75) is 45.7 Å². The van der Waals surface area contributed by atoms with Gasteiger partial charge in [-0.2, -0.15) is 0 Å². The Hall–Kier alpha value is -0.130. The van der Waals surface area contributed by atoms with Crippen LogP contribution in [0.25, 0.3) is 0 Å². The minimum Gasteiger partial charge on any atom is -0.311 e. The van der Waals surface area contributed by atoms with Gasteiger partial charge in [-0.3, -0.25) is 4.90 Å². The molecule has 0 radical (unpaired) electrons. The van der Waals surface area contributed by atoms with Gasteiger partial charge in [-0.1, -0.05) is 20.3 Å². The normalized spacial score (nSPS) is 27.2. The van der Waals surface area contributed by atoms with Gasteiger partial charge in [0.25, 0.3) is 0 Å². The van der Waals surface area contributed by atoms with Crippen molar-refractivity contribution in [2.24, 2.45) is 0 Å². The van der Waals surface area contributed by atoms with E-state index in [-0.39, 0.29) is 5.75 Å². The molecule has 1 saturated heterocycles. The highest BCUT2D eigenvalue weighted by Gasteiger charge is 2.25. The topological polar surface area (TPSA) is 49.4 Å². The molecule has 0 amide bonds. The molecule has 1 rings (SSSR count). The molecule has 1 heterocycles. The van der Waals surface area contributed by atoms with Gasteiger partial charge in [0.2, 0.25) is 0 Å². The number of rotatable bonds is 6. The first kappa shape index (κ1) is 14.9. The zero-order chi connectivity index (χ0) is 12.9. The number of piperazine rings is 1. The van der Waals surface area contributed by atoms with Gasteiger partial charge in [0, 0.05) is 37.5 Å². The van der Waals surface area contributed by atoms with E-state index in [0.717, 1.165) is 25.9 Å². The third-order valence-electron chi connectivity index (χ3n) is 3.48. The molecule has 0 saturated carbocycles. The molecule has 17 heavy (non-hydrogen) atoms. The maximum Gasteiger partial charge on any atom is 0.151 e. The monoisotopic (exact) mass is 262 g/mol. The van der Waals surface area contributed by atoms with Crippen molar-refractivity contribution in [3.8, 4) is 0 Å². The van der Waals surface area contributed by atoms with E-state index >= 15 is 0 Å². The predicted molar refractivity (Wildman–Crippen MR) is 72.1 cm³/mol. The van der Waals surface area contributed by atoms with Gasteiger partial charge in [0.05, 0.1) is 5.75 Å². The van der Waals surface area contributed by atoms with Crippen LogP contribution in [0.5, 0.6) is 0 Å². The van der Waals surface area contributed by atoms with Crippen LogP contribution in [0, 0.1) is 0 Å². The Balaban J connectivity index is 2.52. The summed E-state index contributed by atoms with van der Waals surface area (Å²) in [5, 5.41) is 3.47. The Kier molecular flexibility index (Phi) is 5.89. The summed E-state index contributed by atoms with van der Waals surface area (Å²) >= 11 is 0. The molecule has 0 aromatic heterocycles. The molecule has 2 unspecified atom stereocenters. The zero-order valence-corrected chi connectivity index (χ0v) is 12.1. The average molecular weight is 262 g/mol. The van der Waals surface area contributed by atoms with E-state index in [0.29, 0.717) is 24.4 Å². The van der Waals surface area contributed by atoms with Crippen molar-refractivity contribution >= 4 is 9.84 Å². The molecule has 4 nitrogen and oxygen atoms in total. The third-order valence-corrected chi connectivity index (χ3v) is 5.16. The van der Waals surface area contributed by atoms with E-state index < -0.39 is 9.84 Å². The van der Waals surface area contributed by atoms with E-state index in [1.54, 1.807) is 6.92 Å². The van der Waals surface area contributed by atoms with Gasteiger partial charge in [0.1, 0.15) is 0 Å². The Bertz CT molecular complexity index is 316. The van der Waals surface area contributed by atoms with Crippen LogP contribution in [0.15, 0.2) is 0 Å². The second-order valence-corrected chi connectivity index (χ2v) is 7.46. The predicted octanol–water partition coefficient (Wildman–Crippen LogP) is 0.884. The summed E-state index contributed by atoms with van der Waals surface area (Å²) in [6, 6.07) is 0.968. The fraction of sp³-hybridized carbons (Fsp3) is 1.00. The van der Waals surface area contributed by atoms with Crippen molar-refractivity contribution in [3.63, 3.8) is 0 Å².